The second kappa shape index (κ2) is 7.67. The molecule has 0 radical (unpaired) electrons. The van der Waals surface area contributed by atoms with E-state index in [2.05, 4.69) is 10.1 Å². The summed E-state index contributed by atoms with van der Waals surface area (Å²) < 4.78 is 1.74. The van der Waals surface area contributed by atoms with Crippen LogP contribution >= 0.6 is 22.7 Å². The van der Waals surface area contributed by atoms with Crippen LogP contribution in [0.3, 0.4) is 0 Å². The van der Waals surface area contributed by atoms with Crippen molar-refractivity contribution in [3.05, 3.63) is 55.8 Å². The molecule has 0 aliphatic heterocycles. The van der Waals surface area contributed by atoms with Gasteiger partial charge in [0.2, 0.25) is 4.80 Å². The smallest absolute Gasteiger partial charge is 0.252 e. The number of hydrogen-bond donors (Lipinski definition) is 2. The van der Waals surface area contributed by atoms with E-state index in [0.717, 1.165) is 26.5 Å². The molecule has 0 atom stereocenters. The molecule has 0 bridgehead atoms. The Bertz CT molecular complexity index is 1040. The van der Waals surface area contributed by atoms with Crippen LogP contribution in [0.2, 0.25) is 0 Å². The lowest BCUT2D eigenvalue weighted by molar-refractivity contribution is 0.0998. The third-order valence-corrected chi connectivity index (χ3v) is 5.54. The Hall–Kier alpha value is -2.71. The maximum absolute atomic E-state index is 11.5. The average molecular weight is 387 g/mol. The number of amides is 1. The fraction of sp³-hybridized carbons (Fsp3) is 0.167. The lowest BCUT2D eigenvalue weighted by Gasteiger charge is -2.06. The van der Waals surface area contributed by atoms with E-state index in [-0.39, 0.29) is 11.3 Å². The standard InChI is InChI=1S/C18H18N4O2S2/c1-3-20-18-22(21-9-16-11(2)6-7-25-16)14(10-26-18)12-4-5-15(23)13(8-12)17(19)24/h4-10,23H,3H2,1-2H3,(H2,19,24)/b20-18?,21-9-. The molecule has 0 unspecified atom stereocenters. The number of carbonyl (C=O) groups is 1. The van der Waals surface area contributed by atoms with Crippen LogP contribution in [0.25, 0.3) is 11.3 Å². The van der Waals surface area contributed by atoms with Gasteiger partial charge in [-0.3, -0.25) is 9.79 Å². The van der Waals surface area contributed by atoms with Crippen molar-refractivity contribution in [1.29, 1.82) is 0 Å². The Morgan fingerprint density at radius 1 is 1.35 bits per heavy atom. The van der Waals surface area contributed by atoms with Gasteiger partial charge in [0.15, 0.2) is 0 Å². The number of aromatic nitrogens is 1. The Labute approximate surface area is 158 Å². The van der Waals surface area contributed by atoms with Gasteiger partial charge in [0.25, 0.3) is 5.91 Å². The van der Waals surface area contributed by atoms with Gasteiger partial charge in [-0.15, -0.1) is 22.7 Å². The highest BCUT2D eigenvalue weighted by Gasteiger charge is 2.13. The maximum Gasteiger partial charge on any atom is 0.252 e. The number of nitrogens with zero attached hydrogens (tertiary/aromatic N) is 3. The second-order valence-electron chi connectivity index (χ2n) is 5.50. The van der Waals surface area contributed by atoms with Crippen LogP contribution in [0.15, 0.2) is 45.1 Å². The van der Waals surface area contributed by atoms with Gasteiger partial charge in [-0.05, 0) is 49.1 Å². The molecule has 8 heteroatoms. The number of phenols is 1. The molecule has 2 heterocycles. The number of thiophene rings is 1. The molecule has 3 aromatic rings. The van der Waals surface area contributed by atoms with Gasteiger partial charge in [0, 0.05) is 17.5 Å². The first-order chi connectivity index (χ1) is 12.5. The lowest BCUT2D eigenvalue weighted by atomic mass is 10.1. The number of carbonyl (C=O) groups excluding carboxylic acids is 1. The molecule has 0 saturated heterocycles. The van der Waals surface area contributed by atoms with Crippen LogP contribution < -0.4 is 10.5 Å². The molecule has 2 aromatic heterocycles. The summed E-state index contributed by atoms with van der Waals surface area (Å²) in [4.78, 5) is 17.8. The van der Waals surface area contributed by atoms with E-state index >= 15 is 0 Å². The predicted octanol–water partition coefficient (Wildman–Crippen LogP) is 3.19. The molecular weight excluding hydrogens is 368 g/mol. The number of aryl methyl sites for hydroxylation is 1. The van der Waals surface area contributed by atoms with Crippen LogP contribution in [0.5, 0.6) is 5.75 Å². The van der Waals surface area contributed by atoms with Gasteiger partial charge in [-0.25, -0.2) is 4.68 Å². The van der Waals surface area contributed by atoms with Crippen LogP contribution in [0, 0.1) is 6.92 Å². The molecule has 0 saturated carbocycles. The summed E-state index contributed by atoms with van der Waals surface area (Å²) in [6.07, 6.45) is 1.81. The molecule has 0 aliphatic carbocycles. The van der Waals surface area contributed by atoms with Crippen molar-refractivity contribution >= 4 is 34.8 Å². The van der Waals surface area contributed by atoms with Gasteiger partial charge >= 0.3 is 0 Å². The molecule has 0 fully saturated rings. The quantitative estimate of drug-likeness (QED) is 0.659. The van der Waals surface area contributed by atoms with Gasteiger partial charge < -0.3 is 10.8 Å². The van der Waals surface area contributed by atoms with Crippen molar-refractivity contribution in [2.45, 2.75) is 13.8 Å². The lowest BCUT2D eigenvalue weighted by Crippen LogP contribution is -2.13. The zero-order valence-corrected chi connectivity index (χ0v) is 16.0. The van der Waals surface area contributed by atoms with Crippen molar-refractivity contribution < 1.29 is 9.90 Å². The molecule has 1 amide bonds. The van der Waals surface area contributed by atoms with E-state index < -0.39 is 5.91 Å². The first kappa shape index (κ1) is 18.1. The van der Waals surface area contributed by atoms with Gasteiger partial charge in [0.05, 0.1) is 22.3 Å². The molecule has 6 nitrogen and oxygen atoms in total. The molecule has 1 aromatic carbocycles. The highest BCUT2D eigenvalue weighted by atomic mass is 32.1. The Kier molecular flexibility index (Phi) is 5.34. The SMILES string of the molecule is CCN=c1scc(-c2ccc(O)c(C(N)=O)c2)n1/N=C\c1sccc1C. The van der Waals surface area contributed by atoms with Gasteiger partial charge in [0.1, 0.15) is 5.75 Å². The number of thiazole rings is 1. The third-order valence-electron chi connectivity index (χ3n) is 3.73. The van der Waals surface area contributed by atoms with Crippen LogP contribution in [0.1, 0.15) is 27.7 Å². The fourth-order valence-electron chi connectivity index (χ4n) is 2.37. The van der Waals surface area contributed by atoms with Gasteiger partial charge in [-0.2, -0.15) is 5.10 Å². The zero-order valence-electron chi connectivity index (χ0n) is 14.3. The molecule has 134 valence electrons. The topological polar surface area (TPSA) is 93.0 Å². The highest BCUT2D eigenvalue weighted by Crippen LogP contribution is 2.26. The number of benzene rings is 1. The van der Waals surface area contributed by atoms with Crippen molar-refractivity contribution in [3.63, 3.8) is 0 Å². The Morgan fingerprint density at radius 2 is 2.15 bits per heavy atom. The third kappa shape index (κ3) is 3.61. The molecule has 0 spiro atoms. The largest absolute Gasteiger partial charge is 0.507 e. The van der Waals surface area contributed by atoms with E-state index in [1.54, 1.807) is 34.4 Å². The minimum Gasteiger partial charge on any atom is -0.507 e. The van der Waals surface area contributed by atoms with Crippen LogP contribution in [0.4, 0.5) is 0 Å². The van der Waals surface area contributed by atoms with Crippen molar-refractivity contribution in [3.8, 4) is 17.0 Å². The summed E-state index contributed by atoms with van der Waals surface area (Å²) >= 11 is 3.08. The first-order valence-electron chi connectivity index (χ1n) is 7.94. The van der Waals surface area contributed by atoms with Crippen LogP contribution in [-0.4, -0.2) is 28.4 Å². The summed E-state index contributed by atoms with van der Waals surface area (Å²) in [6.45, 7) is 4.63. The van der Waals surface area contributed by atoms with Crippen LogP contribution in [-0.2, 0) is 0 Å². The van der Waals surface area contributed by atoms with Gasteiger partial charge in [-0.1, -0.05) is 0 Å². The molecule has 3 N–H and O–H groups in total. The van der Waals surface area contributed by atoms with E-state index in [0.29, 0.717) is 6.54 Å². The Morgan fingerprint density at radius 3 is 2.81 bits per heavy atom. The summed E-state index contributed by atoms with van der Waals surface area (Å²) in [5.41, 5.74) is 8.08. The molecule has 0 aliphatic rings. The van der Waals surface area contributed by atoms with Crippen molar-refractivity contribution in [2.75, 3.05) is 6.54 Å². The van der Waals surface area contributed by atoms with Crippen molar-refractivity contribution in [1.82, 2.24) is 4.68 Å². The van der Waals surface area contributed by atoms with E-state index in [1.165, 1.54) is 17.4 Å². The summed E-state index contributed by atoms with van der Waals surface area (Å²) in [6, 6.07) is 6.79. The second-order valence-corrected chi connectivity index (χ2v) is 7.28. The minimum absolute atomic E-state index is 0.0762. The first-order valence-corrected chi connectivity index (χ1v) is 9.70. The summed E-state index contributed by atoms with van der Waals surface area (Å²) in [7, 11) is 0. The molecule has 26 heavy (non-hydrogen) atoms. The number of nitrogens with two attached hydrogens (primary N) is 1. The number of primary amides is 1. The minimum atomic E-state index is -0.678. The Balaban J connectivity index is 2.13. The summed E-state index contributed by atoms with van der Waals surface area (Å²) in [5, 5.41) is 18.4. The average Bonchev–Trinajstić information content (AvgIpc) is 3.20. The zero-order chi connectivity index (χ0) is 18.7. The highest BCUT2D eigenvalue weighted by molar-refractivity contribution is 7.11. The monoisotopic (exact) mass is 386 g/mol. The number of hydrogen-bond acceptors (Lipinski definition) is 6. The number of aromatic hydroxyl groups is 1. The fourth-order valence-corrected chi connectivity index (χ4v) is 4.06. The maximum atomic E-state index is 11.5. The van der Waals surface area contributed by atoms with Crippen molar-refractivity contribution in [2.24, 2.45) is 15.8 Å². The predicted molar refractivity (Wildman–Crippen MR) is 106 cm³/mol. The van der Waals surface area contributed by atoms with E-state index in [4.69, 9.17) is 5.73 Å². The normalized spacial score (nSPS) is 12.2. The van der Waals surface area contributed by atoms with E-state index in [1.807, 2.05) is 30.7 Å². The number of rotatable bonds is 5. The summed E-state index contributed by atoms with van der Waals surface area (Å²) in [5.74, 6) is -0.818. The molecule has 3 rings (SSSR count). The molecular formula is C18H18N4O2S2. The van der Waals surface area contributed by atoms with E-state index in [9.17, 15) is 9.90 Å².